The van der Waals surface area contributed by atoms with E-state index in [4.69, 9.17) is 9.47 Å². The summed E-state index contributed by atoms with van der Waals surface area (Å²) in [5.74, 6) is 0.542. The molecule has 0 aliphatic rings. The maximum atomic E-state index is 12.4. The molecule has 0 saturated carbocycles. The minimum Gasteiger partial charge on any atom is -0.487 e. The molecular formula is C37H41N3O4S. The lowest BCUT2D eigenvalue weighted by Crippen LogP contribution is -2.28. The number of carboxylic acid groups (broad SMARTS) is 1. The summed E-state index contributed by atoms with van der Waals surface area (Å²) in [6.45, 7) is 13.6. The normalized spacial score (nSPS) is 12.0. The number of benzene rings is 2. The number of fused-ring (bicyclic) bond motifs is 1. The number of carboxylic acids is 1. The molecule has 3 heterocycles. The van der Waals surface area contributed by atoms with Crippen LogP contribution in [-0.2, 0) is 24.4 Å². The molecule has 0 bridgehead atoms. The summed E-state index contributed by atoms with van der Waals surface area (Å²) in [5.41, 5.74) is 5.16. The highest BCUT2D eigenvalue weighted by atomic mass is 32.2. The fourth-order valence-electron chi connectivity index (χ4n) is 5.13. The second-order valence-electron chi connectivity index (χ2n) is 12.7. The van der Waals surface area contributed by atoms with E-state index in [0.29, 0.717) is 32.1 Å². The van der Waals surface area contributed by atoms with Crippen molar-refractivity contribution >= 4 is 28.6 Å². The quantitative estimate of drug-likeness (QED) is 0.139. The van der Waals surface area contributed by atoms with Gasteiger partial charge < -0.3 is 19.1 Å². The first kappa shape index (κ1) is 32.1. The van der Waals surface area contributed by atoms with Crippen molar-refractivity contribution < 1.29 is 19.4 Å². The molecule has 45 heavy (non-hydrogen) atoms. The number of nitrogens with zero attached hydrogens (tertiary/aromatic N) is 3. The summed E-state index contributed by atoms with van der Waals surface area (Å²) in [6.07, 6.45) is 3.97. The van der Waals surface area contributed by atoms with Gasteiger partial charge in [-0.05, 0) is 68.3 Å². The third-order valence-electron chi connectivity index (χ3n) is 7.46. The van der Waals surface area contributed by atoms with Crippen LogP contribution in [0.25, 0.3) is 22.0 Å². The number of thioether (sulfide) groups is 1. The summed E-state index contributed by atoms with van der Waals surface area (Å²) in [6, 6.07) is 24.3. The Morgan fingerprint density at radius 3 is 2.29 bits per heavy atom. The van der Waals surface area contributed by atoms with E-state index in [1.165, 1.54) is 0 Å². The van der Waals surface area contributed by atoms with Crippen LogP contribution in [0.15, 0.2) is 90.1 Å². The van der Waals surface area contributed by atoms with Gasteiger partial charge in [-0.15, -0.1) is 11.8 Å². The van der Waals surface area contributed by atoms with Crippen LogP contribution in [0.2, 0.25) is 0 Å². The third kappa shape index (κ3) is 7.87. The average molecular weight is 624 g/mol. The Kier molecular flexibility index (Phi) is 9.53. The second-order valence-corrected chi connectivity index (χ2v) is 14.6. The van der Waals surface area contributed by atoms with Crippen LogP contribution < -0.4 is 9.47 Å². The number of aromatic nitrogens is 3. The van der Waals surface area contributed by atoms with Gasteiger partial charge in [0, 0.05) is 63.2 Å². The Morgan fingerprint density at radius 1 is 0.911 bits per heavy atom. The topological polar surface area (TPSA) is 86.5 Å². The first-order valence-corrected chi connectivity index (χ1v) is 16.0. The number of aliphatic carboxylic acids is 1. The molecule has 5 rings (SSSR count). The molecule has 8 heteroatoms. The lowest BCUT2D eigenvalue weighted by Gasteiger charge is -2.24. The molecule has 1 N–H and O–H groups in total. The largest absolute Gasteiger partial charge is 0.487 e. The highest BCUT2D eigenvalue weighted by molar-refractivity contribution is 8.00. The van der Waals surface area contributed by atoms with Crippen LogP contribution in [0.4, 0.5) is 0 Å². The van der Waals surface area contributed by atoms with E-state index < -0.39 is 11.4 Å². The van der Waals surface area contributed by atoms with Gasteiger partial charge in [0.25, 0.3) is 0 Å². The molecule has 0 aliphatic carbocycles. The summed E-state index contributed by atoms with van der Waals surface area (Å²) in [5, 5.41) is 11.2. The van der Waals surface area contributed by atoms with E-state index in [-0.39, 0.29) is 4.75 Å². The van der Waals surface area contributed by atoms with Gasteiger partial charge >= 0.3 is 5.97 Å². The van der Waals surface area contributed by atoms with Gasteiger partial charge in [0.05, 0.1) is 17.7 Å². The Bertz CT molecular complexity index is 1760. The average Bonchev–Trinajstić information content (AvgIpc) is 3.26. The summed E-state index contributed by atoms with van der Waals surface area (Å²) < 4.78 is 13.9. The number of pyridine rings is 2. The van der Waals surface area contributed by atoms with E-state index >= 15 is 0 Å². The number of carbonyl (C=O) groups is 1. The maximum Gasteiger partial charge on any atom is 0.309 e. The molecule has 0 radical (unpaired) electrons. The summed E-state index contributed by atoms with van der Waals surface area (Å²) in [4.78, 5) is 22.2. The van der Waals surface area contributed by atoms with Crippen molar-refractivity contribution in [3.8, 4) is 22.8 Å². The SMILES string of the molecule is CCOc1ccc(-c2ccc(Cn3c(CC(C)(C)C(=O)O)c(SC(C)(C)C)c4cc(OCc5ccccn5)ccc43)cc2)cn1. The predicted octanol–water partition coefficient (Wildman–Crippen LogP) is 8.67. The standard InChI is InChI=1S/C37H41N3O4S/c1-7-43-33-18-15-27(22-39-33)26-13-11-25(12-14-26)23-40-31-17-16-29(44-24-28-10-8-9-19-38-28)20-30(31)34(45-36(2,3)4)32(40)21-37(5,6)35(41)42/h8-20,22H,7,21,23-24H2,1-6H3,(H,41,42). The van der Waals surface area contributed by atoms with Crippen LogP contribution in [0.1, 0.15) is 58.5 Å². The minimum absolute atomic E-state index is 0.0978. The highest BCUT2D eigenvalue weighted by Crippen LogP contribution is 2.44. The number of hydrogen-bond donors (Lipinski definition) is 1. The van der Waals surface area contributed by atoms with E-state index in [9.17, 15) is 9.90 Å². The molecule has 0 fully saturated rings. The van der Waals surface area contributed by atoms with Gasteiger partial charge in [-0.3, -0.25) is 9.78 Å². The van der Waals surface area contributed by atoms with E-state index in [1.807, 2.05) is 49.5 Å². The predicted molar refractivity (Wildman–Crippen MR) is 181 cm³/mol. The molecule has 0 amide bonds. The molecule has 0 aliphatic heterocycles. The number of rotatable bonds is 12. The number of ether oxygens (including phenoxy) is 2. The van der Waals surface area contributed by atoms with Crippen molar-refractivity contribution in [2.45, 2.75) is 70.8 Å². The molecule has 5 aromatic rings. The van der Waals surface area contributed by atoms with Crippen LogP contribution in [0.5, 0.6) is 11.6 Å². The van der Waals surface area contributed by atoms with Gasteiger partial charge in [0.15, 0.2) is 0 Å². The molecule has 0 spiro atoms. The molecule has 3 aromatic heterocycles. The van der Waals surface area contributed by atoms with Gasteiger partial charge in [0.2, 0.25) is 5.88 Å². The summed E-state index contributed by atoms with van der Waals surface area (Å²) in [7, 11) is 0. The molecule has 7 nitrogen and oxygen atoms in total. The van der Waals surface area contributed by atoms with Crippen LogP contribution in [0.3, 0.4) is 0 Å². The van der Waals surface area contributed by atoms with Gasteiger partial charge in [-0.1, -0.05) is 51.1 Å². The van der Waals surface area contributed by atoms with Crippen LogP contribution in [0, 0.1) is 5.41 Å². The maximum absolute atomic E-state index is 12.4. The van der Waals surface area contributed by atoms with E-state index in [1.54, 1.807) is 31.8 Å². The fourth-order valence-corrected chi connectivity index (χ4v) is 6.31. The molecule has 0 unspecified atom stereocenters. The van der Waals surface area contributed by atoms with Crippen molar-refractivity contribution in [1.82, 2.24) is 14.5 Å². The minimum atomic E-state index is -0.956. The smallest absolute Gasteiger partial charge is 0.309 e. The molecule has 234 valence electrons. The third-order valence-corrected chi connectivity index (χ3v) is 8.73. The lowest BCUT2D eigenvalue weighted by atomic mass is 9.88. The van der Waals surface area contributed by atoms with Crippen molar-refractivity contribution in [1.29, 1.82) is 0 Å². The summed E-state index contributed by atoms with van der Waals surface area (Å²) >= 11 is 1.77. The number of hydrogen-bond acceptors (Lipinski definition) is 6. The first-order valence-electron chi connectivity index (χ1n) is 15.2. The molecule has 0 saturated heterocycles. The van der Waals surface area contributed by atoms with Crippen molar-refractivity contribution in [3.63, 3.8) is 0 Å². The Labute approximate surface area is 269 Å². The monoisotopic (exact) mass is 623 g/mol. The van der Waals surface area contributed by atoms with Gasteiger partial charge in [-0.25, -0.2) is 4.98 Å². The molecule has 0 atom stereocenters. The van der Waals surface area contributed by atoms with Gasteiger partial charge in [-0.2, -0.15) is 0 Å². The van der Waals surface area contributed by atoms with Crippen LogP contribution in [-0.4, -0.2) is 37.0 Å². The Morgan fingerprint density at radius 2 is 1.67 bits per heavy atom. The Hall–Kier alpha value is -4.30. The zero-order valence-corrected chi connectivity index (χ0v) is 27.6. The lowest BCUT2D eigenvalue weighted by molar-refractivity contribution is -0.146. The molecular weight excluding hydrogens is 582 g/mol. The highest BCUT2D eigenvalue weighted by Gasteiger charge is 2.33. The molecule has 2 aromatic carbocycles. The van der Waals surface area contributed by atoms with Crippen molar-refractivity contribution in [3.05, 3.63) is 102 Å². The van der Waals surface area contributed by atoms with Gasteiger partial charge in [0.1, 0.15) is 12.4 Å². The Balaban J connectivity index is 1.55. The zero-order chi connectivity index (χ0) is 32.2. The zero-order valence-electron chi connectivity index (χ0n) is 26.8. The second kappa shape index (κ2) is 13.4. The fraction of sp³-hybridized carbons (Fsp3) is 0.324. The van der Waals surface area contributed by atoms with E-state index in [0.717, 1.165) is 49.6 Å². The first-order chi connectivity index (χ1) is 21.4. The van der Waals surface area contributed by atoms with Crippen molar-refractivity contribution in [2.75, 3.05) is 6.61 Å². The van der Waals surface area contributed by atoms with E-state index in [2.05, 4.69) is 71.7 Å². The van der Waals surface area contributed by atoms with Crippen LogP contribution >= 0.6 is 11.8 Å². The van der Waals surface area contributed by atoms with Crippen molar-refractivity contribution in [2.24, 2.45) is 5.41 Å².